The number of rotatable bonds is 23. The summed E-state index contributed by atoms with van der Waals surface area (Å²) in [5.41, 5.74) is 0. The van der Waals surface area contributed by atoms with Crippen molar-refractivity contribution in [3.8, 4) is 0 Å². The Morgan fingerprint density at radius 1 is 0.719 bits per heavy atom. The molecule has 0 bridgehead atoms. The third kappa shape index (κ3) is 18.3. The number of hydrogen-bond donors (Lipinski definition) is 1. The molecule has 0 aliphatic rings. The average molecular weight is 475 g/mol. The van der Waals surface area contributed by atoms with Crippen LogP contribution in [0.3, 0.4) is 0 Å². The van der Waals surface area contributed by atoms with Crippen molar-refractivity contribution in [2.75, 3.05) is 27.7 Å². The average Bonchev–Trinajstić information content (AvgIpc) is 2.72. The van der Waals surface area contributed by atoms with Gasteiger partial charge in [0.25, 0.3) is 0 Å². The largest absolute Gasteiger partial charge is 0.385 e. The Morgan fingerprint density at radius 3 is 1.59 bits per heavy atom. The van der Waals surface area contributed by atoms with E-state index in [9.17, 15) is 9.46 Å². The fourth-order valence-corrected chi connectivity index (χ4v) is 6.25. The van der Waals surface area contributed by atoms with Gasteiger partial charge in [0, 0.05) is 6.42 Å². The number of hydrogen-bond acceptors (Lipinski definition) is 2. The van der Waals surface area contributed by atoms with Crippen molar-refractivity contribution in [1.29, 1.82) is 0 Å². The molecule has 4 nitrogen and oxygen atoms in total. The van der Waals surface area contributed by atoms with Crippen LogP contribution in [0.1, 0.15) is 129 Å². The summed E-state index contributed by atoms with van der Waals surface area (Å²) >= 11 is 0. The summed E-state index contributed by atoms with van der Waals surface area (Å²) in [6.07, 6.45) is 26.9. The van der Waals surface area contributed by atoms with Gasteiger partial charge in [-0.2, -0.15) is 0 Å². The molecular formula is C27H57NO3P+. The fourth-order valence-electron chi connectivity index (χ4n) is 4.23. The highest BCUT2D eigenvalue weighted by atomic mass is 31.2. The Bertz CT molecular complexity index is 488. The van der Waals surface area contributed by atoms with E-state index >= 15 is 0 Å². The Kier molecular flexibility index (Phi) is 20.1. The first-order valence-corrected chi connectivity index (χ1v) is 15.3. The molecule has 0 fully saturated rings. The monoisotopic (exact) mass is 474 g/mol. The van der Waals surface area contributed by atoms with E-state index in [0.29, 0.717) is 17.5 Å². The lowest BCUT2D eigenvalue weighted by atomic mass is 10.1. The summed E-state index contributed by atoms with van der Waals surface area (Å²) in [4.78, 5) is 10.4. The quantitative estimate of drug-likeness (QED) is 0.0696. The van der Waals surface area contributed by atoms with Gasteiger partial charge in [0.2, 0.25) is 0 Å². The first-order valence-electron chi connectivity index (χ1n) is 13.7. The van der Waals surface area contributed by atoms with Crippen molar-refractivity contribution < 1.29 is 18.5 Å². The summed E-state index contributed by atoms with van der Waals surface area (Å²) in [6.45, 7) is 4.73. The molecule has 0 saturated heterocycles. The maximum atomic E-state index is 12.6. The van der Waals surface area contributed by atoms with Crippen LogP contribution in [0.2, 0.25) is 0 Å². The predicted molar refractivity (Wildman–Crippen MR) is 141 cm³/mol. The number of allylic oxidation sites excluding steroid dienone is 2. The summed E-state index contributed by atoms with van der Waals surface area (Å²) in [7, 11) is 2.35. The van der Waals surface area contributed by atoms with Gasteiger partial charge in [-0.3, -0.25) is 4.57 Å². The minimum absolute atomic E-state index is 0.336. The van der Waals surface area contributed by atoms with Crippen LogP contribution in [0, 0.1) is 0 Å². The summed E-state index contributed by atoms with van der Waals surface area (Å²) < 4.78 is 18.6. The highest BCUT2D eigenvalue weighted by Crippen LogP contribution is 2.51. The van der Waals surface area contributed by atoms with Crippen molar-refractivity contribution in [3.63, 3.8) is 0 Å². The topological polar surface area (TPSA) is 46.5 Å². The first kappa shape index (κ1) is 31.9. The van der Waals surface area contributed by atoms with E-state index in [1.54, 1.807) is 0 Å². The van der Waals surface area contributed by atoms with Gasteiger partial charge in [-0.15, -0.1) is 0 Å². The van der Waals surface area contributed by atoms with Gasteiger partial charge in [-0.1, -0.05) is 96.6 Å². The second-order valence-electron chi connectivity index (χ2n) is 10.4. The molecule has 0 spiro atoms. The van der Waals surface area contributed by atoms with Crippen LogP contribution in [0.5, 0.6) is 0 Å². The summed E-state index contributed by atoms with van der Waals surface area (Å²) in [6, 6.07) is 0. The van der Waals surface area contributed by atoms with E-state index in [-0.39, 0.29) is 5.78 Å². The van der Waals surface area contributed by atoms with Crippen LogP contribution in [0.25, 0.3) is 0 Å². The van der Waals surface area contributed by atoms with Gasteiger partial charge in [0.15, 0.2) is 5.78 Å². The number of quaternary nitrogens is 1. The van der Waals surface area contributed by atoms with Gasteiger partial charge >= 0.3 is 7.60 Å². The lowest BCUT2D eigenvalue weighted by Gasteiger charge is -2.35. The maximum Gasteiger partial charge on any atom is 0.385 e. The van der Waals surface area contributed by atoms with Crippen LogP contribution in [0.4, 0.5) is 0 Å². The molecule has 0 aromatic carbocycles. The van der Waals surface area contributed by atoms with Crippen LogP contribution in [-0.2, 0) is 9.09 Å². The molecule has 0 heterocycles. The molecule has 0 aromatic heterocycles. The Morgan fingerprint density at radius 2 is 1.16 bits per heavy atom. The van der Waals surface area contributed by atoms with Gasteiger partial charge in [-0.05, 0) is 38.5 Å². The normalized spacial score (nSPS) is 15.3. The van der Waals surface area contributed by atoms with Gasteiger partial charge in [0.05, 0.1) is 27.7 Å². The van der Waals surface area contributed by atoms with E-state index in [0.717, 1.165) is 19.3 Å². The lowest BCUT2D eigenvalue weighted by molar-refractivity contribution is -0.883. The zero-order valence-corrected chi connectivity index (χ0v) is 23.2. The molecule has 2 atom stereocenters. The van der Waals surface area contributed by atoms with E-state index < -0.39 is 7.60 Å². The molecule has 32 heavy (non-hydrogen) atoms. The Labute approximate surface area is 201 Å². The van der Waals surface area contributed by atoms with Crippen LogP contribution >= 0.6 is 7.60 Å². The minimum Gasteiger partial charge on any atom is -0.320 e. The van der Waals surface area contributed by atoms with Crippen molar-refractivity contribution in [1.82, 2.24) is 0 Å². The van der Waals surface area contributed by atoms with Crippen LogP contribution in [0.15, 0.2) is 12.2 Å². The maximum absolute atomic E-state index is 12.6. The smallest absolute Gasteiger partial charge is 0.320 e. The number of nitrogens with zero attached hydrogens (tertiary/aromatic N) is 1. The van der Waals surface area contributed by atoms with Crippen LogP contribution < -0.4 is 0 Å². The molecule has 2 unspecified atom stereocenters. The molecule has 0 rings (SSSR count). The second-order valence-corrected chi connectivity index (χ2v) is 12.4. The molecule has 0 saturated carbocycles. The van der Waals surface area contributed by atoms with Crippen LogP contribution in [-0.4, -0.2) is 42.9 Å². The molecule has 0 radical (unpaired) electrons. The first-order chi connectivity index (χ1) is 15.3. The minimum atomic E-state index is -3.57. The van der Waals surface area contributed by atoms with Crippen molar-refractivity contribution in [2.45, 2.75) is 135 Å². The third-order valence-electron chi connectivity index (χ3n) is 6.25. The third-order valence-corrected chi connectivity index (χ3v) is 8.51. The molecule has 1 N–H and O–H groups in total. The molecule has 0 amide bonds. The van der Waals surface area contributed by atoms with Gasteiger partial charge in [0.1, 0.15) is 0 Å². The SMILES string of the molecule is CCCCCCCCCC=CCCCCCCCCCOP(=O)(O)C(CCC)[N+](C)(C)C. The summed E-state index contributed by atoms with van der Waals surface area (Å²) in [5, 5.41) is 0. The molecule has 0 aliphatic carbocycles. The highest BCUT2D eigenvalue weighted by Gasteiger charge is 2.41. The Hall–Kier alpha value is -0.150. The lowest BCUT2D eigenvalue weighted by Crippen LogP contribution is -2.45. The molecule has 0 aliphatic heterocycles. The fraction of sp³-hybridized carbons (Fsp3) is 0.926. The van der Waals surface area contributed by atoms with Crippen molar-refractivity contribution in [2.24, 2.45) is 0 Å². The molecule has 192 valence electrons. The van der Waals surface area contributed by atoms with Crippen molar-refractivity contribution >= 4 is 7.60 Å². The van der Waals surface area contributed by atoms with Gasteiger partial charge < -0.3 is 13.9 Å². The highest BCUT2D eigenvalue weighted by molar-refractivity contribution is 7.53. The Balaban J connectivity index is 3.55. The van der Waals surface area contributed by atoms with Crippen molar-refractivity contribution in [3.05, 3.63) is 12.2 Å². The second kappa shape index (κ2) is 20.2. The zero-order valence-electron chi connectivity index (χ0n) is 22.3. The van der Waals surface area contributed by atoms with E-state index in [1.807, 2.05) is 21.1 Å². The van der Waals surface area contributed by atoms with E-state index in [1.165, 1.54) is 89.9 Å². The van der Waals surface area contributed by atoms with E-state index in [4.69, 9.17) is 4.52 Å². The summed E-state index contributed by atoms with van der Waals surface area (Å²) in [5.74, 6) is -0.336. The van der Waals surface area contributed by atoms with Gasteiger partial charge in [-0.25, -0.2) is 0 Å². The molecule has 0 aromatic rings. The van der Waals surface area contributed by atoms with E-state index in [2.05, 4.69) is 26.0 Å². The molecular weight excluding hydrogens is 417 g/mol. The molecule has 5 heteroatoms. The zero-order chi connectivity index (χ0) is 24.1. The predicted octanol–water partition coefficient (Wildman–Crippen LogP) is 8.84. The standard InChI is InChI=1S/C27H56NO3P/c1-6-8-9-10-11-12-13-14-15-16-17-18-19-20-21-22-23-24-26-31-32(29,30)27(25-7-2)28(3,4)5/h15-16,27H,6-14,17-26H2,1-5H3/p+1. The number of unbranched alkanes of at least 4 members (excludes halogenated alkanes) is 14.